The summed E-state index contributed by atoms with van der Waals surface area (Å²) in [6.45, 7) is 3.50. The number of carbonyl (C=O) groups is 3. The van der Waals surface area contributed by atoms with Crippen LogP contribution in [-0.2, 0) is 9.59 Å². The number of hydrogen-bond donors (Lipinski definition) is 3. The van der Waals surface area contributed by atoms with Crippen LogP contribution in [0.4, 0.5) is 10.1 Å². The van der Waals surface area contributed by atoms with Crippen molar-refractivity contribution in [1.29, 1.82) is 0 Å². The largest absolute Gasteiger partial charge is 0.354 e. The Morgan fingerprint density at radius 2 is 2.00 bits per heavy atom. The predicted molar refractivity (Wildman–Crippen MR) is 83.4 cm³/mol. The van der Waals surface area contributed by atoms with E-state index < -0.39 is 23.7 Å². The number of nitrogens with one attached hydrogen (secondary N) is 3. The molecule has 1 fully saturated rings. The smallest absolute Gasteiger partial charge is 0.283 e. The number of benzene rings is 1. The second-order valence-corrected chi connectivity index (χ2v) is 5.22. The zero-order valence-corrected chi connectivity index (χ0v) is 12.5. The van der Waals surface area contributed by atoms with Crippen LogP contribution in [0.3, 0.4) is 0 Å². The van der Waals surface area contributed by atoms with Crippen molar-refractivity contribution in [3.05, 3.63) is 42.2 Å². The van der Waals surface area contributed by atoms with Crippen LogP contribution in [0.5, 0.6) is 0 Å². The van der Waals surface area contributed by atoms with Crippen molar-refractivity contribution in [1.82, 2.24) is 10.6 Å². The molecule has 3 amide bonds. The molecule has 1 aliphatic rings. The van der Waals surface area contributed by atoms with Crippen molar-refractivity contribution < 1.29 is 18.8 Å². The molecule has 1 unspecified atom stereocenters. The second-order valence-electron chi connectivity index (χ2n) is 5.22. The lowest BCUT2D eigenvalue weighted by molar-refractivity contribution is -0.122. The molecule has 6 nitrogen and oxygen atoms in total. The maximum absolute atomic E-state index is 12.8. The first-order chi connectivity index (χ1) is 11.0. The van der Waals surface area contributed by atoms with E-state index in [9.17, 15) is 18.8 Å². The van der Waals surface area contributed by atoms with E-state index in [0.29, 0.717) is 13.0 Å². The third kappa shape index (κ3) is 4.38. The number of para-hydroxylation sites is 1. The van der Waals surface area contributed by atoms with Crippen LogP contribution in [0.25, 0.3) is 0 Å². The molecule has 122 valence electrons. The first kappa shape index (κ1) is 16.7. The predicted octanol–water partition coefficient (Wildman–Crippen LogP) is 1.51. The summed E-state index contributed by atoms with van der Waals surface area (Å²) in [4.78, 5) is 35.7. The van der Waals surface area contributed by atoms with Crippen LogP contribution in [0, 0.1) is 0 Å². The quantitative estimate of drug-likeness (QED) is 0.735. The molecular formula is C16H18FN3O3. The van der Waals surface area contributed by atoms with Gasteiger partial charge in [0.05, 0.1) is 11.3 Å². The molecule has 3 N–H and O–H groups in total. The van der Waals surface area contributed by atoms with E-state index in [2.05, 4.69) is 22.5 Å². The van der Waals surface area contributed by atoms with Crippen LogP contribution in [-0.4, -0.2) is 30.3 Å². The fourth-order valence-corrected chi connectivity index (χ4v) is 2.29. The summed E-state index contributed by atoms with van der Waals surface area (Å²) in [6.07, 6.45) is 2.24. The minimum Gasteiger partial charge on any atom is -0.354 e. The first-order valence-electron chi connectivity index (χ1n) is 7.32. The summed E-state index contributed by atoms with van der Waals surface area (Å²) in [6, 6.07) is 5.56. The van der Waals surface area contributed by atoms with Gasteiger partial charge in [-0.25, -0.2) is 4.39 Å². The summed E-state index contributed by atoms with van der Waals surface area (Å²) >= 11 is 0. The number of amides is 3. The minimum absolute atomic E-state index is 0.152. The van der Waals surface area contributed by atoms with Crippen molar-refractivity contribution in [2.75, 3.05) is 11.9 Å². The second kappa shape index (κ2) is 7.53. The van der Waals surface area contributed by atoms with E-state index >= 15 is 0 Å². The van der Waals surface area contributed by atoms with Crippen molar-refractivity contribution in [3.63, 3.8) is 0 Å². The molecule has 2 rings (SSSR count). The van der Waals surface area contributed by atoms with Crippen LogP contribution in [0.1, 0.15) is 29.6 Å². The summed E-state index contributed by atoms with van der Waals surface area (Å²) in [7, 11) is 0. The standard InChI is InChI=1S/C16H18FN3O3/c1-10(17)14(21)19-12-7-3-2-6-11(12)15(22)20-13-8-4-5-9-18-16(13)23/h2-3,6-7,13H,1,4-5,8-9H2,(H,18,23)(H,19,21)(H,20,22). The van der Waals surface area contributed by atoms with Gasteiger partial charge in [0.2, 0.25) is 5.91 Å². The monoisotopic (exact) mass is 319 g/mol. The lowest BCUT2D eigenvalue weighted by Crippen LogP contribution is -2.45. The van der Waals surface area contributed by atoms with Crippen LogP contribution < -0.4 is 16.0 Å². The van der Waals surface area contributed by atoms with Gasteiger partial charge in [-0.1, -0.05) is 18.7 Å². The molecule has 1 heterocycles. The minimum atomic E-state index is -1.15. The molecule has 0 spiro atoms. The van der Waals surface area contributed by atoms with E-state index in [0.717, 1.165) is 12.8 Å². The topological polar surface area (TPSA) is 87.3 Å². The van der Waals surface area contributed by atoms with Crippen molar-refractivity contribution >= 4 is 23.4 Å². The van der Waals surface area contributed by atoms with Gasteiger partial charge in [-0.3, -0.25) is 14.4 Å². The van der Waals surface area contributed by atoms with Crippen LogP contribution in [0.15, 0.2) is 36.7 Å². The van der Waals surface area contributed by atoms with Crippen LogP contribution >= 0.6 is 0 Å². The fraction of sp³-hybridized carbons (Fsp3) is 0.312. The Morgan fingerprint density at radius 1 is 1.26 bits per heavy atom. The third-order valence-corrected chi connectivity index (χ3v) is 3.51. The Balaban J connectivity index is 2.14. The molecule has 7 heteroatoms. The van der Waals surface area contributed by atoms with Gasteiger partial charge in [0.25, 0.3) is 11.8 Å². The Hall–Kier alpha value is -2.70. The number of hydrogen-bond acceptors (Lipinski definition) is 3. The van der Waals surface area contributed by atoms with Gasteiger partial charge in [0, 0.05) is 6.54 Å². The molecule has 1 aliphatic heterocycles. The normalized spacial score (nSPS) is 17.6. The molecule has 1 aromatic carbocycles. The first-order valence-corrected chi connectivity index (χ1v) is 7.32. The van der Waals surface area contributed by atoms with Gasteiger partial charge < -0.3 is 16.0 Å². The fourth-order valence-electron chi connectivity index (χ4n) is 2.29. The average Bonchev–Trinajstić information content (AvgIpc) is 2.72. The van der Waals surface area contributed by atoms with Crippen molar-refractivity contribution in [2.24, 2.45) is 0 Å². The number of halogens is 1. The molecule has 0 aliphatic carbocycles. The van der Waals surface area contributed by atoms with Crippen molar-refractivity contribution in [3.8, 4) is 0 Å². The highest BCUT2D eigenvalue weighted by Gasteiger charge is 2.24. The van der Waals surface area contributed by atoms with Gasteiger partial charge >= 0.3 is 0 Å². The zero-order chi connectivity index (χ0) is 16.8. The molecule has 0 radical (unpaired) electrons. The number of anilines is 1. The summed E-state index contributed by atoms with van der Waals surface area (Å²) < 4.78 is 12.8. The SMILES string of the molecule is C=C(F)C(=O)Nc1ccccc1C(=O)NC1CCCCNC1=O. The van der Waals surface area contributed by atoms with E-state index in [1.807, 2.05) is 0 Å². The third-order valence-electron chi connectivity index (χ3n) is 3.51. The summed E-state index contributed by atoms with van der Waals surface area (Å²) in [5, 5.41) is 7.65. The Labute approximate surface area is 133 Å². The van der Waals surface area contributed by atoms with Crippen molar-refractivity contribution in [2.45, 2.75) is 25.3 Å². The Bertz CT molecular complexity index is 645. The van der Waals surface area contributed by atoms with Gasteiger partial charge in [-0.15, -0.1) is 0 Å². The zero-order valence-electron chi connectivity index (χ0n) is 12.5. The lowest BCUT2D eigenvalue weighted by Gasteiger charge is -2.16. The Morgan fingerprint density at radius 3 is 2.74 bits per heavy atom. The van der Waals surface area contributed by atoms with E-state index in [-0.39, 0.29) is 17.2 Å². The Kier molecular flexibility index (Phi) is 5.46. The highest BCUT2D eigenvalue weighted by Crippen LogP contribution is 2.17. The molecule has 0 bridgehead atoms. The molecule has 1 aromatic rings. The van der Waals surface area contributed by atoms with Crippen LogP contribution in [0.2, 0.25) is 0 Å². The lowest BCUT2D eigenvalue weighted by atomic mass is 10.1. The van der Waals surface area contributed by atoms with Gasteiger partial charge in [0.1, 0.15) is 6.04 Å². The van der Waals surface area contributed by atoms with Gasteiger partial charge in [-0.05, 0) is 31.4 Å². The molecule has 1 saturated heterocycles. The van der Waals surface area contributed by atoms with Gasteiger partial charge in [0.15, 0.2) is 5.83 Å². The van der Waals surface area contributed by atoms with Gasteiger partial charge in [-0.2, -0.15) is 0 Å². The maximum Gasteiger partial charge on any atom is 0.283 e. The highest BCUT2D eigenvalue weighted by atomic mass is 19.1. The molecular weight excluding hydrogens is 301 g/mol. The maximum atomic E-state index is 12.8. The van der Waals surface area contributed by atoms with E-state index in [1.54, 1.807) is 12.1 Å². The molecule has 0 saturated carbocycles. The summed E-state index contributed by atoms with van der Waals surface area (Å²) in [5.41, 5.74) is 0.307. The molecule has 1 atom stereocenters. The highest BCUT2D eigenvalue weighted by molar-refractivity contribution is 6.08. The average molecular weight is 319 g/mol. The molecule has 0 aromatic heterocycles. The van der Waals surface area contributed by atoms with E-state index in [1.165, 1.54) is 12.1 Å². The number of carbonyl (C=O) groups excluding carboxylic acids is 3. The van der Waals surface area contributed by atoms with E-state index in [4.69, 9.17) is 0 Å². The summed E-state index contributed by atoms with van der Waals surface area (Å²) in [5.74, 6) is -2.90. The molecule has 23 heavy (non-hydrogen) atoms. The number of rotatable bonds is 4.